The predicted molar refractivity (Wildman–Crippen MR) is 65.4 cm³/mol. The fourth-order valence-electron chi connectivity index (χ4n) is 1.55. The molecule has 0 radical (unpaired) electrons. The van der Waals surface area contributed by atoms with Crippen LogP contribution in [0.2, 0.25) is 0 Å². The van der Waals surface area contributed by atoms with Gasteiger partial charge in [0, 0.05) is 25.0 Å². The highest BCUT2D eigenvalue weighted by molar-refractivity contribution is 5.58. The average Bonchev–Trinajstić information content (AvgIpc) is 2.27. The minimum absolute atomic E-state index is 0.210. The highest BCUT2D eigenvalue weighted by atomic mass is 19.4. The van der Waals surface area contributed by atoms with E-state index in [1.165, 1.54) is 12.1 Å². The summed E-state index contributed by atoms with van der Waals surface area (Å²) < 4.78 is 42.8. The molecule has 0 saturated carbocycles. The van der Waals surface area contributed by atoms with Crippen molar-refractivity contribution in [3.05, 3.63) is 23.8 Å². The van der Waals surface area contributed by atoms with Gasteiger partial charge in [0.05, 0.1) is 12.2 Å². The van der Waals surface area contributed by atoms with Gasteiger partial charge < -0.3 is 15.8 Å². The number of nitrogens with one attached hydrogen (secondary N) is 1. The van der Waals surface area contributed by atoms with Gasteiger partial charge in [0.25, 0.3) is 0 Å². The summed E-state index contributed by atoms with van der Waals surface area (Å²) in [4.78, 5) is 0. The van der Waals surface area contributed by atoms with Crippen LogP contribution in [0.1, 0.15) is 12.5 Å². The van der Waals surface area contributed by atoms with Crippen LogP contribution in [-0.4, -0.2) is 20.3 Å². The van der Waals surface area contributed by atoms with E-state index in [9.17, 15) is 13.2 Å². The monoisotopic (exact) mass is 262 g/mol. The van der Waals surface area contributed by atoms with Gasteiger partial charge in [-0.1, -0.05) is 6.92 Å². The lowest BCUT2D eigenvalue weighted by atomic mass is 10.1. The maximum Gasteiger partial charge on any atom is 0.418 e. The van der Waals surface area contributed by atoms with Crippen LogP contribution in [0.25, 0.3) is 0 Å². The summed E-state index contributed by atoms with van der Waals surface area (Å²) >= 11 is 0. The number of hydrogen-bond acceptors (Lipinski definition) is 3. The van der Waals surface area contributed by atoms with E-state index in [1.54, 1.807) is 7.11 Å². The number of benzene rings is 1. The highest BCUT2D eigenvalue weighted by Crippen LogP contribution is 2.35. The third kappa shape index (κ3) is 4.10. The van der Waals surface area contributed by atoms with E-state index in [2.05, 4.69) is 5.32 Å². The van der Waals surface area contributed by atoms with Crippen LogP contribution in [0.5, 0.6) is 0 Å². The number of methoxy groups -OCH3 is 1. The van der Waals surface area contributed by atoms with Crippen molar-refractivity contribution in [3.8, 4) is 0 Å². The van der Waals surface area contributed by atoms with Crippen molar-refractivity contribution in [1.82, 2.24) is 0 Å². The van der Waals surface area contributed by atoms with Crippen LogP contribution in [0.3, 0.4) is 0 Å². The first-order chi connectivity index (χ1) is 8.34. The molecule has 102 valence electrons. The van der Waals surface area contributed by atoms with E-state index in [0.29, 0.717) is 18.8 Å². The highest BCUT2D eigenvalue weighted by Gasteiger charge is 2.33. The molecule has 3 nitrogen and oxygen atoms in total. The van der Waals surface area contributed by atoms with Crippen LogP contribution < -0.4 is 11.1 Å². The van der Waals surface area contributed by atoms with Gasteiger partial charge in [0.1, 0.15) is 0 Å². The summed E-state index contributed by atoms with van der Waals surface area (Å²) in [7, 11) is 1.58. The Morgan fingerprint density at radius 2 is 2.06 bits per heavy atom. The third-order valence-electron chi connectivity index (χ3n) is 2.46. The summed E-state index contributed by atoms with van der Waals surface area (Å²) in [5, 5.41) is 2.93. The minimum Gasteiger partial charge on any atom is -0.398 e. The maximum absolute atomic E-state index is 12.6. The standard InChI is InChI=1S/C12H17F3N2O/c1-8(7-18-2)6-17-9-3-4-11(16)10(5-9)12(13,14)15/h3-5,8,17H,6-7,16H2,1-2H3. The van der Waals surface area contributed by atoms with Crippen LogP contribution >= 0.6 is 0 Å². The van der Waals surface area contributed by atoms with Gasteiger partial charge >= 0.3 is 6.18 Å². The number of nitrogen functional groups attached to an aromatic ring is 1. The molecule has 0 spiro atoms. The lowest BCUT2D eigenvalue weighted by Gasteiger charge is -2.15. The normalized spacial score (nSPS) is 13.4. The van der Waals surface area contributed by atoms with Crippen molar-refractivity contribution in [2.45, 2.75) is 13.1 Å². The Kier molecular flexibility index (Phi) is 4.84. The Hall–Kier alpha value is -1.43. The zero-order valence-corrected chi connectivity index (χ0v) is 10.3. The zero-order chi connectivity index (χ0) is 13.8. The van der Waals surface area contributed by atoms with Crippen molar-refractivity contribution in [3.63, 3.8) is 0 Å². The second-order valence-electron chi connectivity index (χ2n) is 4.24. The van der Waals surface area contributed by atoms with Crippen LogP contribution in [0, 0.1) is 5.92 Å². The zero-order valence-electron chi connectivity index (χ0n) is 10.3. The SMILES string of the molecule is COCC(C)CNc1ccc(N)c(C(F)(F)F)c1. The van der Waals surface area contributed by atoms with Gasteiger partial charge in [0.2, 0.25) is 0 Å². The molecule has 0 amide bonds. The molecule has 6 heteroatoms. The lowest BCUT2D eigenvalue weighted by Crippen LogP contribution is -2.16. The molecule has 0 bridgehead atoms. The van der Waals surface area contributed by atoms with Crippen molar-refractivity contribution >= 4 is 11.4 Å². The number of ether oxygens (including phenoxy) is 1. The van der Waals surface area contributed by atoms with Crippen molar-refractivity contribution in [2.24, 2.45) is 5.92 Å². The molecule has 0 saturated heterocycles. The summed E-state index contributed by atoms with van der Waals surface area (Å²) in [5.41, 5.74) is 4.63. The molecule has 1 aromatic carbocycles. The Balaban J connectivity index is 2.74. The molecule has 1 atom stereocenters. The fraction of sp³-hybridized carbons (Fsp3) is 0.500. The largest absolute Gasteiger partial charge is 0.418 e. The molecule has 3 N–H and O–H groups in total. The van der Waals surface area contributed by atoms with E-state index in [4.69, 9.17) is 10.5 Å². The summed E-state index contributed by atoms with van der Waals surface area (Å²) in [6.07, 6.45) is -4.43. The Labute approximate surface area is 104 Å². The van der Waals surface area contributed by atoms with Gasteiger partial charge in [0.15, 0.2) is 0 Å². The summed E-state index contributed by atoms with van der Waals surface area (Å²) in [6.45, 7) is 3.03. The topological polar surface area (TPSA) is 47.3 Å². The fourth-order valence-corrected chi connectivity index (χ4v) is 1.55. The van der Waals surface area contributed by atoms with Crippen LogP contribution in [0.15, 0.2) is 18.2 Å². The molecule has 0 heterocycles. The van der Waals surface area contributed by atoms with E-state index in [1.807, 2.05) is 6.92 Å². The van der Waals surface area contributed by atoms with Crippen molar-refractivity contribution in [1.29, 1.82) is 0 Å². The molecule has 1 aromatic rings. The molecule has 1 rings (SSSR count). The van der Waals surface area contributed by atoms with Gasteiger partial charge in [-0.25, -0.2) is 0 Å². The third-order valence-corrected chi connectivity index (χ3v) is 2.46. The number of hydrogen-bond donors (Lipinski definition) is 2. The molecule has 1 unspecified atom stereocenters. The minimum atomic E-state index is -4.43. The maximum atomic E-state index is 12.6. The average molecular weight is 262 g/mol. The van der Waals surface area contributed by atoms with Crippen LogP contribution in [0.4, 0.5) is 24.5 Å². The van der Waals surface area contributed by atoms with Crippen LogP contribution in [-0.2, 0) is 10.9 Å². The first kappa shape index (κ1) is 14.6. The molecular weight excluding hydrogens is 245 g/mol. The van der Waals surface area contributed by atoms with Gasteiger partial charge in [-0.05, 0) is 24.1 Å². The smallest absolute Gasteiger partial charge is 0.398 e. The number of anilines is 2. The molecule has 0 fully saturated rings. The second kappa shape index (κ2) is 5.95. The predicted octanol–water partition coefficient (Wildman–Crippen LogP) is 2.98. The Morgan fingerprint density at radius 3 is 2.61 bits per heavy atom. The molecule has 0 aliphatic heterocycles. The first-order valence-corrected chi connectivity index (χ1v) is 5.54. The quantitative estimate of drug-likeness (QED) is 0.802. The van der Waals surface area contributed by atoms with E-state index in [-0.39, 0.29) is 11.6 Å². The number of rotatable bonds is 5. The number of alkyl halides is 3. The summed E-state index contributed by atoms with van der Waals surface area (Å²) in [5.74, 6) is 0.210. The van der Waals surface area contributed by atoms with E-state index in [0.717, 1.165) is 6.07 Å². The number of nitrogens with two attached hydrogens (primary N) is 1. The van der Waals surface area contributed by atoms with Crippen molar-refractivity contribution < 1.29 is 17.9 Å². The Morgan fingerprint density at radius 1 is 1.39 bits per heavy atom. The van der Waals surface area contributed by atoms with Crippen molar-refractivity contribution in [2.75, 3.05) is 31.3 Å². The molecule has 0 aromatic heterocycles. The first-order valence-electron chi connectivity index (χ1n) is 5.54. The van der Waals surface area contributed by atoms with E-state index >= 15 is 0 Å². The molecular formula is C12H17F3N2O. The number of halogens is 3. The molecule has 18 heavy (non-hydrogen) atoms. The molecule has 0 aliphatic rings. The van der Waals surface area contributed by atoms with Gasteiger partial charge in [-0.15, -0.1) is 0 Å². The molecule has 0 aliphatic carbocycles. The second-order valence-corrected chi connectivity index (χ2v) is 4.24. The van der Waals surface area contributed by atoms with Gasteiger partial charge in [-0.3, -0.25) is 0 Å². The lowest BCUT2D eigenvalue weighted by molar-refractivity contribution is -0.136. The van der Waals surface area contributed by atoms with E-state index < -0.39 is 11.7 Å². The Bertz CT molecular complexity index is 393. The van der Waals surface area contributed by atoms with Gasteiger partial charge in [-0.2, -0.15) is 13.2 Å². The summed E-state index contributed by atoms with van der Waals surface area (Å²) in [6, 6.07) is 3.81.